The highest BCUT2D eigenvalue weighted by Crippen LogP contribution is 2.50. The smallest absolute Gasteiger partial charge is 0.334 e. The Bertz CT molecular complexity index is 761. The van der Waals surface area contributed by atoms with Gasteiger partial charge in [0.25, 0.3) is 0 Å². The van der Waals surface area contributed by atoms with Gasteiger partial charge in [0.1, 0.15) is 5.76 Å². The zero-order valence-corrected chi connectivity index (χ0v) is 13.3. The van der Waals surface area contributed by atoms with E-state index in [0.29, 0.717) is 11.3 Å². The molecule has 1 heterocycles. The van der Waals surface area contributed by atoms with Gasteiger partial charge in [0.05, 0.1) is 14.2 Å². The first-order valence-electron chi connectivity index (χ1n) is 7.41. The molecule has 0 fully saturated rings. The van der Waals surface area contributed by atoms with Crippen LogP contribution in [0.3, 0.4) is 0 Å². The Morgan fingerprint density at radius 1 is 1.17 bits per heavy atom. The van der Waals surface area contributed by atoms with Crippen molar-refractivity contribution in [2.45, 2.75) is 6.42 Å². The zero-order valence-electron chi connectivity index (χ0n) is 13.3. The van der Waals surface area contributed by atoms with Crippen molar-refractivity contribution in [3.05, 3.63) is 53.6 Å². The minimum Gasteiger partial charge on any atom is -0.468 e. The number of methoxy groups -OCH3 is 2. The van der Waals surface area contributed by atoms with Gasteiger partial charge >= 0.3 is 17.9 Å². The molecule has 1 aromatic rings. The lowest BCUT2D eigenvalue weighted by Crippen LogP contribution is -2.47. The van der Waals surface area contributed by atoms with Crippen LogP contribution in [0.5, 0.6) is 0 Å². The summed E-state index contributed by atoms with van der Waals surface area (Å²) in [4.78, 5) is 37.1. The molecule has 24 heavy (non-hydrogen) atoms. The van der Waals surface area contributed by atoms with Gasteiger partial charge in [-0.15, -0.1) is 0 Å². The van der Waals surface area contributed by atoms with Gasteiger partial charge in [0.2, 0.25) is 0 Å². The summed E-state index contributed by atoms with van der Waals surface area (Å²) < 4.78 is 15.0. The molecule has 2 aliphatic rings. The normalized spacial score (nSPS) is 25.1. The number of carbonyl (C=O) groups excluding carboxylic acids is 3. The number of hydrogen-bond donors (Lipinski definition) is 0. The third-order valence-corrected chi connectivity index (χ3v) is 4.42. The summed E-state index contributed by atoms with van der Waals surface area (Å²) >= 11 is 0. The van der Waals surface area contributed by atoms with Gasteiger partial charge in [-0.3, -0.25) is 9.59 Å². The topological polar surface area (TPSA) is 78.9 Å². The van der Waals surface area contributed by atoms with E-state index in [0.717, 1.165) is 0 Å². The second kappa shape index (κ2) is 5.96. The second-order valence-corrected chi connectivity index (χ2v) is 5.58. The molecule has 0 bridgehead atoms. The van der Waals surface area contributed by atoms with Crippen LogP contribution in [0.4, 0.5) is 0 Å². The lowest BCUT2D eigenvalue weighted by molar-refractivity contribution is -0.169. The van der Waals surface area contributed by atoms with Crippen molar-refractivity contribution in [3.8, 4) is 0 Å². The molecule has 0 spiro atoms. The van der Waals surface area contributed by atoms with Crippen LogP contribution >= 0.6 is 0 Å². The van der Waals surface area contributed by atoms with Gasteiger partial charge < -0.3 is 14.2 Å². The summed E-state index contributed by atoms with van der Waals surface area (Å²) in [5, 5.41) is 0. The lowest BCUT2D eigenvalue weighted by Gasteiger charge is -2.34. The van der Waals surface area contributed by atoms with Crippen LogP contribution in [-0.2, 0) is 28.6 Å². The van der Waals surface area contributed by atoms with Crippen LogP contribution < -0.4 is 0 Å². The van der Waals surface area contributed by atoms with Crippen molar-refractivity contribution in [1.82, 2.24) is 0 Å². The fourth-order valence-corrected chi connectivity index (χ4v) is 3.17. The molecule has 0 amide bonds. The molecule has 1 aliphatic heterocycles. The van der Waals surface area contributed by atoms with E-state index < -0.39 is 29.2 Å². The van der Waals surface area contributed by atoms with Crippen LogP contribution in [0.15, 0.2) is 48.1 Å². The predicted molar refractivity (Wildman–Crippen MR) is 83.2 cm³/mol. The molecule has 1 aromatic carbocycles. The molecule has 2 atom stereocenters. The van der Waals surface area contributed by atoms with Crippen LogP contribution in [-0.4, -0.2) is 32.1 Å². The van der Waals surface area contributed by atoms with Gasteiger partial charge in [0, 0.05) is 17.1 Å². The molecular formula is C18H16O6. The first kappa shape index (κ1) is 16.0. The standard InChI is InChI=1S/C18H16O6/c1-22-15(19)12-8-9-18(16(20)23-2)13(12)10-14(24-17(18)21)11-6-4-3-5-7-11/h3-8,10,13H,9H2,1-2H3/t13-,18+/m0/s1. The minimum absolute atomic E-state index is 0.0339. The molecule has 124 valence electrons. The SMILES string of the molecule is COC(=O)C1=CC[C@@]2(C(=O)OC)C(=O)OC(c3ccccc3)=C[C@@H]12. The number of benzene rings is 1. The number of esters is 3. The van der Waals surface area contributed by atoms with Crippen LogP contribution in [0, 0.1) is 11.3 Å². The maximum Gasteiger partial charge on any atom is 0.334 e. The minimum atomic E-state index is -1.57. The number of rotatable bonds is 3. The Hall–Kier alpha value is -2.89. The highest BCUT2D eigenvalue weighted by Gasteiger charge is 2.61. The van der Waals surface area contributed by atoms with E-state index in [1.54, 1.807) is 36.4 Å². The van der Waals surface area contributed by atoms with Crippen LogP contribution in [0.1, 0.15) is 12.0 Å². The van der Waals surface area contributed by atoms with E-state index in [2.05, 4.69) is 0 Å². The maximum absolute atomic E-state index is 12.7. The van der Waals surface area contributed by atoms with E-state index in [1.165, 1.54) is 14.2 Å². The van der Waals surface area contributed by atoms with Gasteiger partial charge in [-0.25, -0.2) is 4.79 Å². The highest BCUT2D eigenvalue weighted by atomic mass is 16.6. The Morgan fingerprint density at radius 2 is 1.88 bits per heavy atom. The zero-order chi connectivity index (χ0) is 17.3. The maximum atomic E-state index is 12.7. The summed E-state index contributed by atoms with van der Waals surface area (Å²) in [5.74, 6) is -2.51. The Kier molecular flexibility index (Phi) is 3.97. The molecule has 0 radical (unpaired) electrons. The van der Waals surface area contributed by atoms with Gasteiger partial charge in [-0.1, -0.05) is 36.4 Å². The lowest BCUT2D eigenvalue weighted by atomic mass is 9.73. The Balaban J connectivity index is 2.12. The summed E-state index contributed by atoms with van der Waals surface area (Å²) in [6, 6.07) is 9.00. The molecule has 0 saturated heterocycles. The average Bonchev–Trinajstić information content (AvgIpc) is 3.02. The number of cyclic esters (lactones) is 1. The quantitative estimate of drug-likeness (QED) is 0.479. The number of allylic oxidation sites excluding steroid dienone is 2. The molecule has 0 N–H and O–H groups in total. The summed E-state index contributed by atoms with van der Waals surface area (Å²) in [6.07, 6.45) is 3.19. The van der Waals surface area contributed by atoms with Crippen molar-refractivity contribution in [2.24, 2.45) is 11.3 Å². The Morgan fingerprint density at radius 3 is 2.50 bits per heavy atom. The molecular weight excluding hydrogens is 312 g/mol. The summed E-state index contributed by atoms with van der Waals surface area (Å²) in [7, 11) is 2.46. The van der Waals surface area contributed by atoms with Crippen molar-refractivity contribution in [3.63, 3.8) is 0 Å². The van der Waals surface area contributed by atoms with Gasteiger partial charge in [-0.05, 0) is 12.5 Å². The second-order valence-electron chi connectivity index (χ2n) is 5.58. The molecule has 3 rings (SSSR count). The number of hydrogen-bond acceptors (Lipinski definition) is 6. The fourth-order valence-electron chi connectivity index (χ4n) is 3.17. The summed E-state index contributed by atoms with van der Waals surface area (Å²) in [6.45, 7) is 0. The van der Waals surface area contributed by atoms with Crippen LogP contribution in [0.2, 0.25) is 0 Å². The van der Waals surface area contributed by atoms with E-state index in [9.17, 15) is 14.4 Å². The number of carbonyl (C=O) groups is 3. The monoisotopic (exact) mass is 328 g/mol. The highest BCUT2D eigenvalue weighted by molar-refractivity contribution is 6.08. The number of ether oxygens (including phenoxy) is 3. The van der Waals surface area contributed by atoms with Crippen molar-refractivity contribution < 1.29 is 28.6 Å². The van der Waals surface area contributed by atoms with Crippen molar-refractivity contribution in [1.29, 1.82) is 0 Å². The molecule has 0 unspecified atom stereocenters. The Labute approximate surface area is 138 Å². The molecule has 0 saturated carbocycles. The van der Waals surface area contributed by atoms with E-state index in [-0.39, 0.29) is 12.0 Å². The van der Waals surface area contributed by atoms with E-state index in [1.807, 2.05) is 6.07 Å². The predicted octanol–water partition coefficient (Wildman–Crippen LogP) is 1.86. The fraction of sp³-hybridized carbons (Fsp3) is 0.278. The molecule has 6 heteroatoms. The molecule has 1 aliphatic carbocycles. The van der Waals surface area contributed by atoms with Crippen molar-refractivity contribution >= 4 is 23.7 Å². The average molecular weight is 328 g/mol. The third kappa shape index (κ3) is 2.22. The van der Waals surface area contributed by atoms with Gasteiger partial charge in [0.15, 0.2) is 5.41 Å². The first-order valence-corrected chi connectivity index (χ1v) is 7.41. The van der Waals surface area contributed by atoms with Gasteiger partial charge in [-0.2, -0.15) is 0 Å². The van der Waals surface area contributed by atoms with Crippen LogP contribution in [0.25, 0.3) is 5.76 Å². The van der Waals surface area contributed by atoms with Crippen molar-refractivity contribution in [2.75, 3.05) is 14.2 Å². The largest absolute Gasteiger partial charge is 0.468 e. The van der Waals surface area contributed by atoms with E-state index >= 15 is 0 Å². The summed E-state index contributed by atoms with van der Waals surface area (Å²) in [5.41, 5.74) is -0.635. The number of fused-ring (bicyclic) bond motifs is 1. The molecule has 0 aromatic heterocycles. The first-order chi connectivity index (χ1) is 11.5. The molecule has 6 nitrogen and oxygen atoms in total. The third-order valence-electron chi connectivity index (χ3n) is 4.42. The van der Waals surface area contributed by atoms with E-state index in [4.69, 9.17) is 14.2 Å².